The lowest BCUT2D eigenvalue weighted by atomic mass is 9.95. The zero-order valence-corrected chi connectivity index (χ0v) is 27.6. The van der Waals surface area contributed by atoms with Crippen LogP contribution in [0.15, 0.2) is 35.4 Å². The summed E-state index contributed by atoms with van der Waals surface area (Å²) in [6.45, 7) is 7.62. The van der Waals surface area contributed by atoms with Gasteiger partial charge in [-0.15, -0.1) is 0 Å². The summed E-state index contributed by atoms with van der Waals surface area (Å²) in [5, 5.41) is 3.95. The van der Waals surface area contributed by atoms with Gasteiger partial charge in [-0.1, -0.05) is 30.3 Å². The van der Waals surface area contributed by atoms with Gasteiger partial charge >= 0.3 is 24.0 Å². The number of primary amides is 1. The number of carbonyl (C=O) groups is 4. The Kier molecular flexibility index (Phi) is 12.1. The summed E-state index contributed by atoms with van der Waals surface area (Å²) < 4.78 is 37.4. The second kappa shape index (κ2) is 15.1. The van der Waals surface area contributed by atoms with Gasteiger partial charge in [-0.05, 0) is 45.1 Å². The van der Waals surface area contributed by atoms with E-state index in [0.29, 0.717) is 38.8 Å². The molecule has 3 N–H and O–H groups in total. The maximum Gasteiger partial charge on any atom is 0.428 e. The van der Waals surface area contributed by atoms with Crippen LogP contribution >= 0.6 is 0 Å². The van der Waals surface area contributed by atoms with E-state index >= 15 is 0 Å². The number of carbonyl (C=O) groups excluding carboxylic acids is 4. The highest BCUT2D eigenvalue weighted by atomic mass is 32.2. The molecule has 3 atom stereocenters. The van der Waals surface area contributed by atoms with Crippen LogP contribution in [-0.2, 0) is 35.5 Å². The molecule has 15 heteroatoms. The fourth-order valence-corrected chi connectivity index (χ4v) is 7.11. The maximum atomic E-state index is 14.3. The van der Waals surface area contributed by atoms with Crippen molar-refractivity contribution in [2.45, 2.75) is 77.5 Å². The number of hydrazone groups is 1. The zero-order chi connectivity index (χ0) is 33.4. The van der Waals surface area contributed by atoms with Crippen LogP contribution in [0.3, 0.4) is 0 Å². The molecule has 0 spiro atoms. The van der Waals surface area contributed by atoms with Crippen LogP contribution in [0, 0.1) is 5.92 Å². The maximum absolute atomic E-state index is 14.3. The van der Waals surface area contributed by atoms with Gasteiger partial charge in [0.05, 0.1) is 12.8 Å². The van der Waals surface area contributed by atoms with E-state index in [1.54, 1.807) is 13.8 Å². The molecular weight excluding hydrogens is 604 g/mol. The first-order chi connectivity index (χ1) is 21.0. The number of likely N-dealkylation sites (tertiary alicyclic amines) is 2. The van der Waals surface area contributed by atoms with Gasteiger partial charge in [-0.3, -0.25) is 4.79 Å². The second-order valence-electron chi connectivity index (χ2n) is 12.6. The van der Waals surface area contributed by atoms with Crippen molar-refractivity contribution < 1.29 is 41.6 Å². The Morgan fingerprint density at radius 1 is 1.18 bits per heavy atom. The normalized spacial score (nSPS) is 21.9. The van der Waals surface area contributed by atoms with E-state index in [-0.39, 0.29) is 38.1 Å². The molecule has 2 aliphatic rings. The number of amides is 4. The molecule has 3 rings (SSSR count). The minimum Gasteiger partial charge on any atom is -0.462 e. The monoisotopic (exact) mass is 651 g/mol. The molecule has 0 bridgehead atoms. The Labute approximate surface area is 265 Å². The van der Waals surface area contributed by atoms with Crippen molar-refractivity contribution in [1.82, 2.24) is 14.6 Å². The number of esters is 1. The van der Waals surface area contributed by atoms with E-state index in [1.165, 1.54) is 17.6 Å². The molecule has 0 saturated carbocycles. The van der Waals surface area contributed by atoms with Crippen molar-refractivity contribution >= 4 is 40.4 Å². The fraction of sp³-hybridized carbons (Fsp3) is 0.633. The van der Waals surface area contributed by atoms with Crippen LogP contribution in [0.25, 0.3) is 0 Å². The molecule has 0 radical (unpaired) electrons. The number of quaternary nitrogens is 1. The Balaban J connectivity index is 1.69. The molecule has 1 unspecified atom stereocenters. The van der Waals surface area contributed by atoms with Crippen LogP contribution in [-0.4, -0.2) is 109 Å². The topological polar surface area (TPSA) is 178 Å². The Morgan fingerprint density at radius 3 is 2.36 bits per heavy atom. The average Bonchev–Trinajstić information content (AvgIpc) is 3.36. The number of ether oxygens (including phenoxy) is 2. The molecule has 14 nitrogen and oxygen atoms in total. The number of imide groups is 1. The number of nitrogens with two attached hydrogens (primary N) is 1. The molecule has 1 aromatic carbocycles. The molecule has 250 valence electrons. The largest absolute Gasteiger partial charge is 0.462 e. The summed E-state index contributed by atoms with van der Waals surface area (Å²) in [6, 6.07) is 6.98. The fourth-order valence-electron chi connectivity index (χ4n) is 6.00. The van der Waals surface area contributed by atoms with E-state index in [1.807, 2.05) is 42.2 Å². The lowest BCUT2D eigenvalue weighted by molar-refractivity contribution is -0.784. The first kappa shape index (κ1) is 35.9. The van der Waals surface area contributed by atoms with E-state index in [4.69, 9.17) is 15.2 Å². The molecule has 1 aromatic rings. The quantitative estimate of drug-likeness (QED) is 0.113. The molecular formula is C30H47N6O8S+. The Hall–Kier alpha value is -3.56. The SMILES string of the molecule is CC(=O)OCC(C)(C)OC(=O)NN=CN1CCC(CN([C@H](Cc2ccccc2)C(=O)[N+]2(C(N)=O)CCC[C@H]2C)S(C)(=O)=O)CC1. The molecule has 4 amide bonds. The lowest BCUT2D eigenvalue weighted by Gasteiger charge is -2.39. The second-order valence-corrected chi connectivity index (χ2v) is 14.5. The van der Waals surface area contributed by atoms with E-state index in [0.717, 1.165) is 11.8 Å². The van der Waals surface area contributed by atoms with Crippen LogP contribution in [0.5, 0.6) is 0 Å². The van der Waals surface area contributed by atoms with Crippen LogP contribution < -0.4 is 11.2 Å². The van der Waals surface area contributed by atoms with Crippen LogP contribution in [0.2, 0.25) is 0 Å². The zero-order valence-electron chi connectivity index (χ0n) is 26.8. The van der Waals surface area contributed by atoms with Gasteiger partial charge in [0.25, 0.3) is 0 Å². The number of rotatable bonds is 12. The molecule has 45 heavy (non-hydrogen) atoms. The highest BCUT2D eigenvalue weighted by Crippen LogP contribution is 2.32. The number of urea groups is 1. The Morgan fingerprint density at radius 2 is 1.82 bits per heavy atom. The standard InChI is InChI=1S/C30H46N6O8S/c1-22-10-9-17-36(22,28(31)39)27(38)26(18-24-11-7-6-8-12-24)35(45(5,41)42)19-25-13-15-34(16-14-25)21-32-33-29(40)44-30(3,4)20-43-23(2)37/h6-8,11-12,21-22,25-26H,9-10,13-20H2,1-5H3,(H2-,31,33,39,40)/p+1/t22-,26-,36?/m1/s1. The molecule has 0 aromatic heterocycles. The number of piperidine rings is 1. The van der Waals surface area contributed by atoms with E-state index in [9.17, 15) is 27.6 Å². The highest BCUT2D eigenvalue weighted by Gasteiger charge is 2.55. The van der Waals surface area contributed by atoms with Gasteiger partial charge in [-0.25, -0.2) is 28.2 Å². The summed E-state index contributed by atoms with van der Waals surface area (Å²) >= 11 is 0. The van der Waals surface area contributed by atoms with Crippen molar-refractivity contribution in [2.24, 2.45) is 16.8 Å². The number of nitrogens with zero attached hydrogens (tertiary/aromatic N) is 4. The predicted octanol–water partition coefficient (Wildman–Crippen LogP) is 2.19. The molecule has 2 aliphatic heterocycles. The van der Waals surface area contributed by atoms with E-state index in [2.05, 4.69) is 10.5 Å². The van der Waals surface area contributed by atoms with Crippen molar-refractivity contribution in [1.29, 1.82) is 0 Å². The highest BCUT2D eigenvalue weighted by molar-refractivity contribution is 7.88. The number of hydrogen-bond acceptors (Lipinski definition) is 9. The lowest BCUT2D eigenvalue weighted by Crippen LogP contribution is -2.67. The number of benzene rings is 1. The smallest absolute Gasteiger partial charge is 0.428 e. The van der Waals surface area contributed by atoms with Crippen LogP contribution in [0.1, 0.15) is 58.9 Å². The minimum absolute atomic E-state index is 0.0616. The van der Waals surface area contributed by atoms with E-state index < -0.39 is 50.2 Å². The summed E-state index contributed by atoms with van der Waals surface area (Å²) in [6.07, 6.45) is 4.39. The summed E-state index contributed by atoms with van der Waals surface area (Å²) in [5.74, 6) is -1.03. The number of nitrogens with one attached hydrogen (secondary N) is 1. The summed E-state index contributed by atoms with van der Waals surface area (Å²) in [7, 11) is -3.87. The molecule has 2 heterocycles. The van der Waals surface area contributed by atoms with Gasteiger partial charge in [-0.2, -0.15) is 13.9 Å². The molecule has 2 fully saturated rings. The third-order valence-electron chi connectivity index (χ3n) is 8.46. The first-order valence-corrected chi connectivity index (χ1v) is 17.0. The Bertz CT molecular complexity index is 1350. The molecule has 0 aliphatic carbocycles. The van der Waals surface area contributed by atoms with Crippen molar-refractivity contribution in [3.63, 3.8) is 0 Å². The molecule has 2 saturated heterocycles. The minimum atomic E-state index is -3.87. The van der Waals surface area contributed by atoms with Gasteiger partial charge < -0.3 is 20.1 Å². The van der Waals surface area contributed by atoms with Gasteiger partial charge in [0.1, 0.15) is 30.6 Å². The van der Waals surface area contributed by atoms with Gasteiger partial charge in [0.15, 0.2) is 0 Å². The predicted molar refractivity (Wildman–Crippen MR) is 167 cm³/mol. The van der Waals surface area contributed by atoms with Crippen molar-refractivity contribution in [2.75, 3.05) is 39.0 Å². The average molecular weight is 652 g/mol. The van der Waals surface area contributed by atoms with Gasteiger partial charge in [0.2, 0.25) is 10.0 Å². The number of hydrogen-bond donors (Lipinski definition) is 2. The van der Waals surface area contributed by atoms with Crippen molar-refractivity contribution in [3.05, 3.63) is 35.9 Å². The van der Waals surface area contributed by atoms with Gasteiger partial charge in [0, 0.05) is 45.8 Å². The summed E-state index contributed by atoms with van der Waals surface area (Å²) in [4.78, 5) is 52.1. The first-order valence-electron chi connectivity index (χ1n) is 15.2. The van der Waals surface area contributed by atoms with Crippen molar-refractivity contribution in [3.8, 4) is 0 Å². The van der Waals surface area contributed by atoms with Crippen LogP contribution in [0.4, 0.5) is 9.59 Å². The third kappa shape index (κ3) is 9.71. The third-order valence-corrected chi connectivity index (χ3v) is 9.71. The summed E-state index contributed by atoms with van der Waals surface area (Å²) in [5.41, 5.74) is 7.89. The number of sulfonamides is 1.